The lowest BCUT2D eigenvalue weighted by atomic mass is 10.0. The summed E-state index contributed by atoms with van der Waals surface area (Å²) in [4.78, 5) is 19.6. The normalized spacial score (nSPS) is 14.6. The molecule has 1 amide bonds. The Morgan fingerprint density at radius 1 is 0.875 bits per heavy atom. The molecular formula is C32H29N5O3. The number of pyridine rings is 1. The first-order valence-electron chi connectivity index (χ1n) is 13.5. The van der Waals surface area contributed by atoms with E-state index in [0.29, 0.717) is 18.7 Å². The maximum absolute atomic E-state index is 12.9. The zero-order valence-corrected chi connectivity index (χ0v) is 22.0. The number of aromatic nitrogens is 2. The van der Waals surface area contributed by atoms with Gasteiger partial charge in [0.1, 0.15) is 12.4 Å². The summed E-state index contributed by atoms with van der Waals surface area (Å²) in [6.07, 6.45) is 5.85. The number of anilines is 4. The first-order chi connectivity index (χ1) is 19.7. The van der Waals surface area contributed by atoms with E-state index in [2.05, 4.69) is 43.4 Å². The van der Waals surface area contributed by atoms with E-state index in [4.69, 9.17) is 9.47 Å². The number of nitrogens with zero attached hydrogens (tertiary/aromatic N) is 3. The van der Waals surface area contributed by atoms with Crippen molar-refractivity contribution in [1.29, 1.82) is 0 Å². The standard InChI is InChI=1S/C32H29N5O3/c38-32-26-10-5-22(19-30(26)34-28-3-1-2-4-29(28)35-32)27-21-37(31-20-33-12-11-25(27)31)15-18-40-24-8-6-23(7-9-24)36-13-16-39-17-14-36/h1-12,19-21,34H,13-18H2,(H,35,38). The Morgan fingerprint density at radius 2 is 1.68 bits per heavy atom. The summed E-state index contributed by atoms with van der Waals surface area (Å²) < 4.78 is 13.7. The molecule has 0 spiro atoms. The molecule has 7 rings (SSSR count). The molecule has 0 unspecified atom stereocenters. The Bertz CT molecular complexity index is 1690. The van der Waals surface area contributed by atoms with E-state index in [9.17, 15) is 4.79 Å². The number of morpholine rings is 1. The van der Waals surface area contributed by atoms with Crippen LogP contribution in [0.15, 0.2) is 91.4 Å². The van der Waals surface area contributed by atoms with Crippen LogP contribution in [0.4, 0.5) is 22.7 Å². The first-order valence-corrected chi connectivity index (χ1v) is 13.5. The number of hydrogen-bond donors (Lipinski definition) is 2. The summed E-state index contributed by atoms with van der Waals surface area (Å²) in [7, 11) is 0. The maximum atomic E-state index is 12.9. The Morgan fingerprint density at radius 3 is 2.50 bits per heavy atom. The van der Waals surface area contributed by atoms with Gasteiger partial charge in [0.2, 0.25) is 0 Å². The average molecular weight is 532 g/mol. The second kappa shape index (κ2) is 10.4. The van der Waals surface area contributed by atoms with Gasteiger partial charge in [0.25, 0.3) is 5.91 Å². The fraction of sp³-hybridized carbons (Fsp3) is 0.188. The summed E-state index contributed by atoms with van der Waals surface area (Å²) in [5.74, 6) is 0.725. The van der Waals surface area contributed by atoms with Crippen molar-refractivity contribution in [3.63, 3.8) is 0 Å². The van der Waals surface area contributed by atoms with Gasteiger partial charge in [-0.1, -0.05) is 18.2 Å². The van der Waals surface area contributed by atoms with E-state index in [1.54, 1.807) is 0 Å². The van der Waals surface area contributed by atoms with E-state index in [0.717, 1.165) is 71.1 Å². The van der Waals surface area contributed by atoms with Crippen LogP contribution in [0, 0.1) is 0 Å². The number of para-hydroxylation sites is 2. The van der Waals surface area contributed by atoms with E-state index in [-0.39, 0.29) is 5.91 Å². The molecule has 0 radical (unpaired) electrons. The molecule has 5 aromatic rings. The molecule has 0 aliphatic carbocycles. The SMILES string of the molecule is O=C1Nc2ccccc2Nc2cc(-c3cn(CCOc4ccc(N5CCOCC5)cc4)c4cnccc34)ccc21. The molecule has 2 aliphatic rings. The van der Waals surface area contributed by atoms with Crippen molar-refractivity contribution in [2.75, 3.05) is 48.4 Å². The minimum Gasteiger partial charge on any atom is -0.492 e. The second-order valence-corrected chi connectivity index (χ2v) is 9.96. The number of ether oxygens (including phenoxy) is 2. The van der Waals surface area contributed by atoms with E-state index in [1.165, 1.54) is 5.69 Å². The van der Waals surface area contributed by atoms with Crippen molar-refractivity contribution in [2.24, 2.45) is 0 Å². The molecule has 1 saturated heterocycles. The zero-order chi connectivity index (χ0) is 26.9. The summed E-state index contributed by atoms with van der Waals surface area (Å²) in [6, 6.07) is 24.0. The van der Waals surface area contributed by atoms with Crippen LogP contribution in [0.5, 0.6) is 5.75 Å². The van der Waals surface area contributed by atoms with Crippen molar-refractivity contribution in [1.82, 2.24) is 9.55 Å². The van der Waals surface area contributed by atoms with Gasteiger partial charge in [-0.05, 0) is 60.2 Å². The van der Waals surface area contributed by atoms with Crippen LogP contribution in [0.25, 0.3) is 22.0 Å². The van der Waals surface area contributed by atoms with Gasteiger partial charge in [-0.25, -0.2) is 0 Å². The van der Waals surface area contributed by atoms with Crippen LogP contribution in [-0.2, 0) is 11.3 Å². The van der Waals surface area contributed by atoms with Crippen molar-refractivity contribution in [2.45, 2.75) is 6.54 Å². The zero-order valence-electron chi connectivity index (χ0n) is 22.0. The van der Waals surface area contributed by atoms with Crippen molar-refractivity contribution < 1.29 is 14.3 Å². The highest BCUT2D eigenvalue weighted by atomic mass is 16.5. The fourth-order valence-electron chi connectivity index (χ4n) is 5.44. The van der Waals surface area contributed by atoms with Crippen LogP contribution in [0.3, 0.4) is 0 Å². The second-order valence-electron chi connectivity index (χ2n) is 9.96. The molecule has 8 heteroatoms. The van der Waals surface area contributed by atoms with Crippen LogP contribution in [0.1, 0.15) is 10.4 Å². The molecule has 2 aliphatic heterocycles. The van der Waals surface area contributed by atoms with Gasteiger partial charge in [0, 0.05) is 42.1 Å². The summed E-state index contributed by atoms with van der Waals surface area (Å²) in [5.41, 5.74) is 7.35. The number of carbonyl (C=O) groups is 1. The fourth-order valence-corrected chi connectivity index (χ4v) is 5.44. The van der Waals surface area contributed by atoms with Crippen LogP contribution in [0.2, 0.25) is 0 Å². The van der Waals surface area contributed by atoms with Gasteiger partial charge in [-0.3, -0.25) is 9.78 Å². The molecule has 0 bridgehead atoms. The molecule has 0 atom stereocenters. The maximum Gasteiger partial charge on any atom is 0.257 e. The third kappa shape index (κ3) is 4.63. The minimum absolute atomic E-state index is 0.124. The predicted octanol–water partition coefficient (Wildman–Crippen LogP) is 5.93. The van der Waals surface area contributed by atoms with Gasteiger partial charge >= 0.3 is 0 Å². The third-order valence-corrected chi connectivity index (χ3v) is 7.52. The topological polar surface area (TPSA) is 80.7 Å². The number of benzene rings is 3. The van der Waals surface area contributed by atoms with E-state index >= 15 is 0 Å². The quantitative estimate of drug-likeness (QED) is 0.283. The lowest BCUT2D eigenvalue weighted by molar-refractivity contribution is 0.102. The molecule has 40 heavy (non-hydrogen) atoms. The minimum atomic E-state index is -0.124. The Labute approximate surface area is 232 Å². The Balaban J connectivity index is 1.12. The molecular weight excluding hydrogens is 502 g/mol. The lowest BCUT2D eigenvalue weighted by Gasteiger charge is -2.28. The van der Waals surface area contributed by atoms with E-state index in [1.807, 2.05) is 73.1 Å². The smallest absolute Gasteiger partial charge is 0.257 e. The largest absolute Gasteiger partial charge is 0.492 e. The monoisotopic (exact) mass is 531 g/mol. The van der Waals surface area contributed by atoms with Gasteiger partial charge in [-0.15, -0.1) is 0 Å². The number of rotatable bonds is 6. The highest BCUT2D eigenvalue weighted by molar-refractivity contribution is 6.12. The van der Waals surface area contributed by atoms with E-state index < -0.39 is 0 Å². The first kappa shape index (κ1) is 24.2. The highest BCUT2D eigenvalue weighted by Crippen LogP contribution is 2.37. The molecule has 0 saturated carbocycles. The molecule has 8 nitrogen and oxygen atoms in total. The van der Waals surface area contributed by atoms with Gasteiger partial charge in [0.05, 0.1) is 54.1 Å². The molecule has 200 valence electrons. The molecule has 4 heterocycles. The van der Waals surface area contributed by atoms with Crippen molar-refractivity contribution >= 4 is 39.6 Å². The molecule has 2 aromatic heterocycles. The van der Waals surface area contributed by atoms with Gasteiger partial charge in [0.15, 0.2) is 0 Å². The summed E-state index contributed by atoms with van der Waals surface area (Å²) in [5, 5.41) is 7.54. The van der Waals surface area contributed by atoms with Gasteiger partial charge < -0.3 is 29.6 Å². The number of carbonyl (C=O) groups excluding carboxylic acids is 1. The molecule has 3 aromatic carbocycles. The number of nitrogens with one attached hydrogen (secondary N) is 2. The van der Waals surface area contributed by atoms with Gasteiger partial charge in [-0.2, -0.15) is 0 Å². The summed E-state index contributed by atoms with van der Waals surface area (Å²) >= 11 is 0. The number of amides is 1. The Kier molecular flexibility index (Phi) is 6.30. The average Bonchev–Trinajstić information content (AvgIpc) is 3.30. The number of fused-ring (bicyclic) bond motifs is 3. The summed E-state index contributed by atoms with van der Waals surface area (Å²) in [6.45, 7) is 4.57. The van der Waals surface area contributed by atoms with Crippen molar-refractivity contribution in [3.8, 4) is 16.9 Å². The predicted molar refractivity (Wildman–Crippen MR) is 158 cm³/mol. The van der Waals surface area contributed by atoms with Crippen LogP contribution < -0.4 is 20.3 Å². The van der Waals surface area contributed by atoms with Crippen molar-refractivity contribution in [3.05, 3.63) is 97.0 Å². The molecule has 2 N–H and O–H groups in total. The Hall–Kier alpha value is -4.82. The number of hydrogen-bond acceptors (Lipinski definition) is 6. The van der Waals surface area contributed by atoms with Crippen LogP contribution in [-0.4, -0.2) is 48.4 Å². The molecule has 1 fully saturated rings. The lowest BCUT2D eigenvalue weighted by Crippen LogP contribution is -2.36. The highest BCUT2D eigenvalue weighted by Gasteiger charge is 2.20. The third-order valence-electron chi connectivity index (χ3n) is 7.52. The van der Waals surface area contributed by atoms with Crippen LogP contribution >= 0.6 is 0 Å².